The van der Waals surface area contributed by atoms with Crippen LogP contribution in [0.25, 0.3) is 0 Å². The van der Waals surface area contributed by atoms with Gasteiger partial charge in [-0.25, -0.2) is 0 Å². The van der Waals surface area contributed by atoms with Crippen LogP contribution in [0.2, 0.25) is 18.1 Å². The van der Waals surface area contributed by atoms with Crippen LogP contribution < -0.4 is 4.43 Å². The van der Waals surface area contributed by atoms with Gasteiger partial charge in [0.2, 0.25) is 8.32 Å². The van der Waals surface area contributed by atoms with E-state index in [-0.39, 0.29) is 10.8 Å². The van der Waals surface area contributed by atoms with Gasteiger partial charge in [0.1, 0.15) is 5.75 Å². The molecular weight excluding hydrogens is 308 g/mol. The second-order valence-electron chi connectivity index (χ2n) is 6.06. The predicted octanol–water partition coefficient (Wildman–Crippen LogP) is 5.04. The maximum atomic E-state index is 11.5. The minimum atomic E-state index is -1.85. The summed E-state index contributed by atoms with van der Waals surface area (Å²) < 4.78 is 7.00. The van der Waals surface area contributed by atoms with Gasteiger partial charge < -0.3 is 4.43 Å². The zero-order valence-corrected chi connectivity index (χ0v) is 14.5. The molecule has 2 nitrogen and oxygen atoms in total. The SMILES string of the molecule is CC(=O)c1cc(O[Si](C)(C)C(C)(C)C)ccc1Br. The van der Waals surface area contributed by atoms with Gasteiger partial charge in [0.15, 0.2) is 5.78 Å². The second kappa shape index (κ2) is 5.17. The van der Waals surface area contributed by atoms with Gasteiger partial charge >= 0.3 is 0 Å². The van der Waals surface area contributed by atoms with Gasteiger partial charge in [-0.1, -0.05) is 36.7 Å². The quantitative estimate of drug-likeness (QED) is 0.574. The van der Waals surface area contributed by atoms with Gasteiger partial charge in [0.05, 0.1) is 0 Å². The monoisotopic (exact) mass is 328 g/mol. The van der Waals surface area contributed by atoms with Gasteiger partial charge in [-0.05, 0) is 43.3 Å². The Kier molecular flexibility index (Phi) is 4.44. The molecule has 0 unspecified atom stereocenters. The van der Waals surface area contributed by atoms with Crippen LogP contribution in [0.15, 0.2) is 22.7 Å². The standard InChI is InChI=1S/C14H21BrO2Si/c1-10(16)12-9-11(7-8-13(12)15)17-18(5,6)14(2,3)4/h7-9H,1-6H3. The highest BCUT2D eigenvalue weighted by Crippen LogP contribution is 2.37. The van der Waals surface area contributed by atoms with Crippen LogP contribution in [0.4, 0.5) is 0 Å². The first-order valence-electron chi connectivity index (χ1n) is 6.04. The molecule has 0 heterocycles. The molecule has 0 saturated heterocycles. The third-order valence-electron chi connectivity index (χ3n) is 3.50. The molecule has 0 aliphatic carbocycles. The van der Waals surface area contributed by atoms with Crippen molar-refractivity contribution < 1.29 is 9.22 Å². The van der Waals surface area contributed by atoms with Crippen molar-refractivity contribution in [2.24, 2.45) is 0 Å². The fourth-order valence-corrected chi connectivity index (χ4v) is 2.83. The van der Waals surface area contributed by atoms with Crippen molar-refractivity contribution in [1.29, 1.82) is 0 Å². The lowest BCUT2D eigenvalue weighted by Gasteiger charge is -2.36. The Morgan fingerprint density at radius 3 is 2.28 bits per heavy atom. The smallest absolute Gasteiger partial charge is 0.250 e. The van der Waals surface area contributed by atoms with E-state index in [9.17, 15) is 4.79 Å². The van der Waals surface area contributed by atoms with Gasteiger partial charge in [0, 0.05) is 10.0 Å². The summed E-state index contributed by atoms with van der Waals surface area (Å²) >= 11 is 3.39. The summed E-state index contributed by atoms with van der Waals surface area (Å²) in [4.78, 5) is 11.5. The number of hydrogen-bond acceptors (Lipinski definition) is 2. The van der Waals surface area contributed by atoms with Crippen molar-refractivity contribution in [3.05, 3.63) is 28.2 Å². The predicted molar refractivity (Wildman–Crippen MR) is 82.0 cm³/mol. The fraction of sp³-hybridized carbons (Fsp3) is 0.500. The maximum Gasteiger partial charge on any atom is 0.250 e. The molecule has 0 bridgehead atoms. The molecule has 0 fully saturated rings. The molecule has 1 aromatic carbocycles. The molecule has 0 aliphatic heterocycles. The second-order valence-corrected chi connectivity index (χ2v) is 11.6. The molecule has 0 atom stereocenters. The third kappa shape index (κ3) is 3.45. The minimum absolute atomic E-state index is 0.0440. The van der Waals surface area contributed by atoms with E-state index in [2.05, 4.69) is 49.8 Å². The third-order valence-corrected chi connectivity index (χ3v) is 8.55. The highest BCUT2D eigenvalue weighted by molar-refractivity contribution is 9.10. The molecule has 0 amide bonds. The number of carbonyl (C=O) groups excluding carboxylic acids is 1. The number of hydrogen-bond donors (Lipinski definition) is 0. The highest BCUT2D eigenvalue weighted by Gasteiger charge is 2.39. The van der Waals surface area contributed by atoms with E-state index in [0.29, 0.717) is 5.56 Å². The van der Waals surface area contributed by atoms with Crippen molar-refractivity contribution in [3.63, 3.8) is 0 Å². The summed E-state index contributed by atoms with van der Waals surface area (Å²) in [7, 11) is -1.85. The molecule has 4 heteroatoms. The summed E-state index contributed by atoms with van der Waals surface area (Å²) in [5.41, 5.74) is 0.672. The van der Waals surface area contributed by atoms with Crippen molar-refractivity contribution in [1.82, 2.24) is 0 Å². The molecule has 1 aromatic rings. The largest absolute Gasteiger partial charge is 0.543 e. The topological polar surface area (TPSA) is 26.3 Å². The van der Waals surface area contributed by atoms with Crippen LogP contribution in [-0.2, 0) is 0 Å². The summed E-state index contributed by atoms with van der Waals surface area (Å²) in [6, 6.07) is 5.61. The zero-order chi connectivity index (χ0) is 14.1. The van der Waals surface area contributed by atoms with Crippen LogP contribution in [-0.4, -0.2) is 14.1 Å². The van der Waals surface area contributed by atoms with Crippen molar-refractivity contribution >= 4 is 30.0 Å². The Balaban J connectivity index is 3.07. The normalized spacial score (nSPS) is 12.4. The van der Waals surface area contributed by atoms with Crippen LogP contribution in [0.1, 0.15) is 38.1 Å². The lowest BCUT2D eigenvalue weighted by atomic mass is 10.1. The van der Waals surface area contributed by atoms with Crippen LogP contribution in [0.5, 0.6) is 5.75 Å². The van der Waals surface area contributed by atoms with E-state index < -0.39 is 8.32 Å². The maximum absolute atomic E-state index is 11.5. The van der Waals surface area contributed by atoms with Gasteiger partial charge in [-0.15, -0.1) is 0 Å². The summed E-state index contributed by atoms with van der Waals surface area (Å²) in [6.45, 7) is 12.6. The van der Waals surface area contributed by atoms with E-state index in [0.717, 1.165) is 10.2 Å². The molecule has 100 valence electrons. The fourth-order valence-electron chi connectivity index (χ4n) is 1.29. The summed E-state index contributed by atoms with van der Waals surface area (Å²) in [5.74, 6) is 0.831. The average Bonchev–Trinajstić information content (AvgIpc) is 2.18. The number of ketones is 1. The minimum Gasteiger partial charge on any atom is -0.543 e. The van der Waals surface area contributed by atoms with Crippen LogP contribution in [0, 0.1) is 0 Å². The van der Waals surface area contributed by atoms with E-state index in [4.69, 9.17) is 4.43 Å². The molecule has 0 aliphatic rings. The lowest BCUT2D eigenvalue weighted by Crippen LogP contribution is -2.43. The van der Waals surface area contributed by atoms with Gasteiger partial charge in [-0.2, -0.15) is 0 Å². The van der Waals surface area contributed by atoms with Crippen molar-refractivity contribution in [2.75, 3.05) is 0 Å². The van der Waals surface area contributed by atoms with Crippen molar-refractivity contribution in [2.45, 2.75) is 45.8 Å². The van der Waals surface area contributed by atoms with E-state index in [1.54, 1.807) is 6.92 Å². The number of rotatable bonds is 3. The Hall–Kier alpha value is -0.613. The first-order chi connectivity index (χ1) is 8.04. The highest BCUT2D eigenvalue weighted by atomic mass is 79.9. The Morgan fingerprint density at radius 1 is 1.28 bits per heavy atom. The van der Waals surface area contributed by atoms with Crippen molar-refractivity contribution in [3.8, 4) is 5.75 Å². The summed E-state index contributed by atoms with van der Waals surface area (Å²) in [6.07, 6.45) is 0. The average molecular weight is 329 g/mol. The molecule has 1 rings (SSSR count). The number of carbonyl (C=O) groups is 1. The molecule has 0 saturated carbocycles. The Morgan fingerprint density at radius 2 is 1.83 bits per heavy atom. The first-order valence-corrected chi connectivity index (χ1v) is 9.74. The molecule has 0 radical (unpaired) electrons. The number of halogens is 1. The Labute approximate surface area is 119 Å². The van der Waals surface area contributed by atoms with Gasteiger partial charge in [-0.3, -0.25) is 4.79 Å². The Bertz CT molecular complexity index is 461. The molecule has 0 spiro atoms. The van der Waals surface area contributed by atoms with Crippen LogP contribution in [0.3, 0.4) is 0 Å². The number of Topliss-reactive ketones (excluding diaryl/α,β-unsaturated/α-hetero) is 1. The van der Waals surface area contributed by atoms with Crippen LogP contribution >= 0.6 is 15.9 Å². The molecule has 0 aromatic heterocycles. The van der Waals surface area contributed by atoms with E-state index in [1.807, 2.05) is 18.2 Å². The lowest BCUT2D eigenvalue weighted by molar-refractivity contribution is 0.101. The number of benzene rings is 1. The molecule has 0 N–H and O–H groups in total. The zero-order valence-electron chi connectivity index (χ0n) is 11.9. The van der Waals surface area contributed by atoms with E-state index >= 15 is 0 Å². The molecule has 18 heavy (non-hydrogen) atoms. The first kappa shape index (κ1) is 15.4. The summed E-state index contributed by atoms with van der Waals surface area (Å²) in [5, 5.41) is 0.149. The van der Waals surface area contributed by atoms with Gasteiger partial charge in [0.25, 0.3) is 0 Å². The molecular formula is C14H21BrO2Si. The van der Waals surface area contributed by atoms with E-state index in [1.165, 1.54) is 0 Å².